The van der Waals surface area contributed by atoms with Crippen LogP contribution in [0, 0.1) is 5.92 Å². The normalized spacial score (nSPS) is 33.5. The second-order valence-electron chi connectivity index (χ2n) is 3.79. The molecular formula is C11H24N2. The highest BCUT2D eigenvalue weighted by atomic mass is 15.2. The van der Waals surface area contributed by atoms with E-state index in [-0.39, 0.29) is 0 Å². The molecule has 0 aromatic heterocycles. The predicted molar refractivity (Wildman–Crippen MR) is 58.0 cm³/mol. The number of rotatable bonds is 1. The quantitative estimate of drug-likeness (QED) is 0.667. The molecule has 0 aliphatic carbocycles. The smallest absolute Gasteiger partial charge is 0.0224 e. The summed E-state index contributed by atoms with van der Waals surface area (Å²) in [4.78, 5) is 2.56. The average Bonchev–Trinajstić information content (AvgIpc) is 2.67. The topological polar surface area (TPSA) is 15.3 Å². The Hall–Kier alpha value is -0.0800. The molecule has 0 amide bonds. The van der Waals surface area contributed by atoms with E-state index in [0.717, 1.165) is 12.0 Å². The SMILES string of the molecule is CC.CCN1CCC2CCNC2C1. The zero-order valence-corrected chi connectivity index (χ0v) is 9.34. The van der Waals surface area contributed by atoms with Crippen LogP contribution < -0.4 is 5.32 Å². The number of hydrogen-bond acceptors (Lipinski definition) is 2. The van der Waals surface area contributed by atoms with E-state index in [0.29, 0.717) is 0 Å². The van der Waals surface area contributed by atoms with Crippen molar-refractivity contribution in [3.8, 4) is 0 Å². The zero-order chi connectivity index (χ0) is 9.68. The van der Waals surface area contributed by atoms with E-state index in [1.54, 1.807) is 0 Å². The Morgan fingerprint density at radius 2 is 2.08 bits per heavy atom. The van der Waals surface area contributed by atoms with Crippen LogP contribution in [0.3, 0.4) is 0 Å². The first-order valence-corrected chi connectivity index (χ1v) is 5.86. The van der Waals surface area contributed by atoms with Gasteiger partial charge < -0.3 is 10.2 Å². The van der Waals surface area contributed by atoms with Crippen LogP contribution >= 0.6 is 0 Å². The number of hydrogen-bond donors (Lipinski definition) is 1. The Labute approximate surface area is 82.7 Å². The third kappa shape index (κ3) is 2.68. The molecular weight excluding hydrogens is 160 g/mol. The summed E-state index contributed by atoms with van der Waals surface area (Å²) < 4.78 is 0. The van der Waals surface area contributed by atoms with Gasteiger partial charge in [0, 0.05) is 12.6 Å². The van der Waals surface area contributed by atoms with E-state index in [1.165, 1.54) is 39.0 Å². The second-order valence-corrected chi connectivity index (χ2v) is 3.79. The monoisotopic (exact) mass is 184 g/mol. The summed E-state index contributed by atoms with van der Waals surface area (Å²) in [6.45, 7) is 11.4. The van der Waals surface area contributed by atoms with Gasteiger partial charge >= 0.3 is 0 Å². The Balaban J connectivity index is 0.000000396. The largest absolute Gasteiger partial charge is 0.312 e. The summed E-state index contributed by atoms with van der Waals surface area (Å²) in [6.07, 6.45) is 2.84. The molecule has 2 rings (SSSR count). The van der Waals surface area contributed by atoms with Gasteiger partial charge in [0.25, 0.3) is 0 Å². The van der Waals surface area contributed by atoms with Crippen molar-refractivity contribution >= 4 is 0 Å². The number of nitrogens with zero attached hydrogens (tertiary/aromatic N) is 1. The van der Waals surface area contributed by atoms with Gasteiger partial charge in [-0.25, -0.2) is 0 Å². The fraction of sp³-hybridized carbons (Fsp3) is 1.00. The lowest BCUT2D eigenvalue weighted by atomic mass is 9.93. The van der Waals surface area contributed by atoms with Gasteiger partial charge in [0.1, 0.15) is 0 Å². The molecule has 0 saturated carbocycles. The van der Waals surface area contributed by atoms with Crippen molar-refractivity contribution < 1.29 is 0 Å². The van der Waals surface area contributed by atoms with E-state index in [1.807, 2.05) is 13.8 Å². The van der Waals surface area contributed by atoms with Crippen LogP contribution in [0.4, 0.5) is 0 Å². The van der Waals surface area contributed by atoms with Crippen molar-refractivity contribution in [1.82, 2.24) is 10.2 Å². The molecule has 0 spiro atoms. The van der Waals surface area contributed by atoms with E-state index < -0.39 is 0 Å². The first kappa shape index (κ1) is 11.0. The van der Waals surface area contributed by atoms with Crippen LogP contribution in [0.5, 0.6) is 0 Å². The Kier molecular flexibility index (Phi) is 4.74. The maximum absolute atomic E-state index is 3.58. The van der Waals surface area contributed by atoms with Crippen molar-refractivity contribution in [3.63, 3.8) is 0 Å². The van der Waals surface area contributed by atoms with Crippen molar-refractivity contribution in [3.05, 3.63) is 0 Å². The number of likely N-dealkylation sites (tertiary alicyclic amines) is 1. The molecule has 2 aliphatic heterocycles. The van der Waals surface area contributed by atoms with Gasteiger partial charge in [-0.3, -0.25) is 0 Å². The van der Waals surface area contributed by atoms with E-state index in [2.05, 4.69) is 17.1 Å². The van der Waals surface area contributed by atoms with Crippen molar-refractivity contribution in [2.24, 2.45) is 5.92 Å². The van der Waals surface area contributed by atoms with Gasteiger partial charge in [-0.1, -0.05) is 20.8 Å². The van der Waals surface area contributed by atoms with Crippen LogP contribution in [0.1, 0.15) is 33.6 Å². The molecule has 2 heteroatoms. The molecule has 0 aromatic rings. The van der Waals surface area contributed by atoms with Gasteiger partial charge in [-0.2, -0.15) is 0 Å². The highest BCUT2D eigenvalue weighted by Crippen LogP contribution is 2.24. The lowest BCUT2D eigenvalue weighted by molar-refractivity contribution is 0.174. The van der Waals surface area contributed by atoms with Crippen LogP contribution in [0.15, 0.2) is 0 Å². The van der Waals surface area contributed by atoms with E-state index >= 15 is 0 Å². The maximum Gasteiger partial charge on any atom is 0.0224 e. The summed E-state index contributed by atoms with van der Waals surface area (Å²) >= 11 is 0. The van der Waals surface area contributed by atoms with E-state index in [9.17, 15) is 0 Å². The number of likely N-dealkylation sites (N-methyl/N-ethyl adjacent to an activating group) is 1. The van der Waals surface area contributed by atoms with Gasteiger partial charge in [0.15, 0.2) is 0 Å². The molecule has 0 radical (unpaired) electrons. The molecule has 2 nitrogen and oxygen atoms in total. The first-order chi connectivity index (χ1) is 6.40. The van der Waals surface area contributed by atoms with Crippen LogP contribution in [-0.2, 0) is 0 Å². The van der Waals surface area contributed by atoms with Gasteiger partial charge in [-0.15, -0.1) is 0 Å². The first-order valence-electron chi connectivity index (χ1n) is 5.86. The zero-order valence-electron chi connectivity index (χ0n) is 9.34. The lowest BCUT2D eigenvalue weighted by Crippen LogP contribution is -2.46. The number of nitrogens with one attached hydrogen (secondary N) is 1. The summed E-state index contributed by atoms with van der Waals surface area (Å²) in [6, 6.07) is 0.823. The highest BCUT2D eigenvalue weighted by molar-refractivity contribution is 4.89. The van der Waals surface area contributed by atoms with Crippen LogP contribution in [-0.4, -0.2) is 37.1 Å². The Bertz CT molecular complexity index is 136. The van der Waals surface area contributed by atoms with Crippen molar-refractivity contribution in [2.45, 2.75) is 39.7 Å². The predicted octanol–water partition coefficient (Wildman–Crippen LogP) is 1.72. The summed E-state index contributed by atoms with van der Waals surface area (Å²) in [7, 11) is 0. The molecule has 2 heterocycles. The fourth-order valence-corrected chi connectivity index (χ4v) is 2.39. The third-order valence-electron chi connectivity index (χ3n) is 3.21. The fourth-order valence-electron chi connectivity index (χ4n) is 2.39. The molecule has 2 unspecified atom stereocenters. The van der Waals surface area contributed by atoms with Crippen molar-refractivity contribution in [1.29, 1.82) is 0 Å². The molecule has 2 aliphatic rings. The minimum atomic E-state index is 0.823. The molecule has 2 atom stereocenters. The van der Waals surface area contributed by atoms with E-state index in [4.69, 9.17) is 0 Å². The summed E-state index contributed by atoms with van der Waals surface area (Å²) in [5, 5.41) is 3.58. The number of fused-ring (bicyclic) bond motifs is 1. The maximum atomic E-state index is 3.58. The molecule has 0 aromatic carbocycles. The second kappa shape index (κ2) is 5.61. The van der Waals surface area contributed by atoms with Gasteiger partial charge in [0.05, 0.1) is 0 Å². The molecule has 2 fully saturated rings. The number of piperidine rings is 1. The molecule has 78 valence electrons. The average molecular weight is 184 g/mol. The van der Waals surface area contributed by atoms with Crippen LogP contribution in [0.2, 0.25) is 0 Å². The van der Waals surface area contributed by atoms with Crippen LogP contribution in [0.25, 0.3) is 0 Å². The Morgan fingerprint density at radius 1 is 1.31 bits per heavy atom. The lowest BCUT2D eigenvalue weighted by Gasteiger charge is -2.33. The summed E-state index contributed by atoms with van der Waals surface area (Å²) in [5.41, 5.74) is 0. The molecule has 0 bridgehead atoms. The minimum absolute atomic E-state index is 0.823. The summed E-state index contributed by atoms with van der Waals surface area (Å²) in [5.74, 6) is 0.998. The van der Waals surface area contributed by atoms with Gasteiger partial charge in [-0.05, 0) is 38.4 Å². The molecule has 2 saturated heterocycles. The standard InChI is InChI=1S/C9H18N2.C2H6/c1-2-11-6-4-8-3-5-10-9(8)7-11;1-2/h8-10H,2-7H2,1H3;1-2H3. The molecule has 1 N–H and O–H groups in total. The van der Waals surface area contributed by atoms with Crippen molar-refractivity contribution in [2.75, 3.05) is 26.2 Å². The van der Waals surface area contributed by atoms with Gasteiger partial charge in [0.2, 0.25) is 0 Å². The highest BCUT2D eigenvalue weighted by Gasteiger charge is 2.31. The minimum Gasteiger partial charge on any atom is -0.312 e. The molecule has 13 heavy (non-hydrogen) atoms. The third-order valence-corrected chi connectivity index (χ3v) is 3.21. The Morgan fingerprint density at radius 3 is 2.77 bits per heavy atom.